The summed E-state index contributed by atoms with van der Waals surface area (Å²) in [5.74, 6) is 5.53. The number of carbonyl (C=O) groups is 1. The molecular weight excluding hydrogens is 444 g/mol. The molecule has 1 aromatic rings. The van der Waals surface area contributed by atoms with Gasteiger partial charge in [-0.1, -0.05) is 25.2 Å². The van der Waals surface area contributed by atoms with Crippen LogP contribution < -0.4 is 4.74 Å². The number of aliphatic hydroxyl groups excluding tert-OH is 2. The molecule has 9 heteroatoms. The first-order chi connectivity index (χ1) is 15.5. The van der Waals surface area contributed by atoms with Crippen LogP contribution in [0.1, 0.15) is 45.6 Å². The lowest BCUT2D eigenvalue weighted by Gasteiger charge is -2.38. The van der Waals surface area contributed by atoms with E-state index in [0.717, 1.165) is 19.3 Å². The maximum atomic E-state index is 13.5. The lowest BCUT2D eigenvalue weighted by Crippen LogP contribution is -2.50. The SMILES string of the molecule is C[C@H](O)C#Cc1ccc2c(c1)O[C@@H](CN(C)C(=O)C1CCC1)[C@@H](C)CN([C@@H](C)CO)S2(=O)=O. The van der Waals surface area contributed by atoms with Crippen molar-refractivity contribution in [2.45, 2.75) is 63.2 Å². The number of benzene rings is 1. The molecule has 2 N–H and O–H groups in total. The Morgan fingerprint density at radius 2 is 2.03 bits per heavy atom. The Morgan fingerprint density at radius 3 is 2.61 bits per heavy atom. The molecule has 4 atom stereocenters. The zero-order valence-electron chi connectivity index (χ0n) is 19.7. The second kappa shape index (κ2) is 10.4. The Balaban J connectivity index is 2.01. The molecule has 0 bridgehead atoms. The number of sulfonamides is 1. The van der Waals surface area contributed by atoms with E-state index in [-0.39, 0.29) is 41.5 Å². The number of likely N-dealkylation sites (N-methyl/N-ethyl adjacent to an activating group) is 1. The van der Waals surface area contributed by atoms with E-state index < -0.39 is 28.3 Å². The summed E-state index contributed by atoms with van der Waals surface area (Å²) in [5, 5.41) is 19.2. The molecule has 1 heterocycles. The Kier molecular flexibility index (Phi) is 8.06. The van der Waals surface area contributed by atoms with E-state index in [4.69, 9.17) is 4.74 Å². The summed E-state index contributed by atoms with van der Waals surface area (Å²) in [6.45, 7) is 5.26. The van der Waals surface area contributed by atoms with Crippen LogP contribution in [-0.4, -0.2) is 78.7 Å². The summed E-state index contributed by atoms with van der Waals surface area (Å²) in [5.41, 5.74) is 0.512. The monoisotopic (exact) mass is 478 g/mol. The number of ether oxygens (including phenoxy) is 1. The van der Waals surface area contributed by atoms with Gasteiger partial charge in [0.05, 0.1) is 13.2 Å². The number of carbonyl (C=O) groups excluding carboxylic acids is 1. The fourth-order valence-electron chi connectivity index (χ4n) is 4.04. The van der Waals surface area contributed by atoms with Gasteiger partial charge in [0, 0.05) is 37.0 Å². The van der Waals surface area contributed by atoms with Crippen LogP contribution in [0.2, 0.25) is 0 Å². The normalized spacial score (nSPS) is 24.5. The van der Waals surface area contributed by atoms with Crippen LogP contribution in [0.5, 0.6) is 5.75 Å². The molecule has 2 aliphatic rings. The minimum atomic E-state index is -3.94. The van der Waals surface area contributed by atoms with Gasteiger partial charge in [-0.2, -0.15) is 4.31 Å². The van der Waals surface area contributed by atoms with Gasteiger partial charge in [0.2, 0.25) is 15.9 Å². The highest BCUT2D eigenvalue weighted by Crippen LogP contribution is 2.34. The van der Waals surface area contributed by atoms with Gasteiger partial charge in [0.15, 0.2) is 0 Å². The van der Waals surface area contributed by atoms with E-state index in [1.807, 2.05) is 6.92 Å². The van der Waals surface area contributed by atoms with Crippen molar-refractivity contribution in [2.75, 3.05) is 26.7 Å². The highest BCUT2D eigenvalue weighted by atomic mass is 32.2. The van der Waals surface area contributed by atoms with E-state index >= 15 is 0 Å². The number of fused-ring (bicyclic) bond motifs is 1. The summed E-state index contributed by atoms with van der Waals surface area (Å²) < 4.78 is 34.5. The lowest BCUT2D eigenvalue weighted by atomic mass is 9.84. The molecule has 0 aromatic heterocycles. The van der Waals surface area contributed by atoms with Gasteiger partial charge < -0.3 is 19.8 Å². The number of hydrogen-bond acceptors (Lipinski definition) is 6. The number of rotatable bonds is 5. The minimum absolute atomic E-state index is 0.00438. The Hall–Kier alpha value is -2.12. The van der Waals surface area contributed by atoms with Gasteiger partial charge in [-0.15, -0.1) is 0 Å². The molecule has 182 valence electrons. The Labute approximate surface area is 196 Å². The molecule has 1 aliphatic carbocycles. The molecule has 0 radical (unpaired) electrons. The first kappa shape index (κ1) is 25.5. The molecule has 33 heavy (non-hydrogen) atoms. The maximum Gasteiger partial charge on any atom is 0.247 e. The average molecular weight is 479 g/mol. The summed E-state index contributed by atoms with van der Waals surface area (Å²) in [6.07, 6.45) is 1.59. The maximum absolute atomic E-state index is 13.5. The number of hydrogen-bond donors (Lipinski definition) is 2. The molecule has 0 saturated heterocycles. The molecule has 0 spiro atoms. The standard InChI is InChI=1S/C24H34N2O6S/c1-16-13-26(17(2)15-27)33(30,31)23-11-10-19(9-8-18(3)28)12-21(23)32-22(16)14-25(4)24(29)20-6-5-7-20/h10-12,16-18,20,22,27-28H,5-7,13-15H2,1-4H3/t16-,17-,18-,22-/m0/s1. The first-order valence-corrected chi connectivity index (χ1v) is 12.9. The van der Waals surface area contributed by atoms with Gasteiger partial charge in [-0.3, -0.25) is 4.79 Å². The van der Waals surface area contributed by atoms with E-state index in [2.05, 4.69) is 11.8 Å². The summed E-state index contributed by atoms with van der Waals surface area (Å²) in [7, 11) is -2.19. The van der Waals surface area contributed by atoms with Crippen molar-refractivity contribution in [1.82, 2.24) is 9.21 Å². The molecule has 1 aromatic carbocycles. The van der Waals surface area contributed by atoms with Gasteiger partial charge >= 0.3 is 0 Å². The highest BCUT2D eigenvalue weighted by Gasteiger charge is 2.39. The molecule has 8 nitrogen and oxygen atoms in total. The van der Waals surface area contributed by atoms with Gasteiger partial charge in [-0.05, 0) is 44.9 Å². The number of aliphatic hydroxyl groups is 2. The molecular formula is C24H34N2O6S. The minimum Gasteiger partial charge on any atom is -0.487 e. The van der Waals surface area contributed by atoms with Crippen LogP contribution in [-0.2, 0) is 14.8 Å². The first-order valence-electron chi connectivity index (χ1n) is 11.4. The van der Waals surface area contributed by atoms with E-state index in [1.54, 1.807) is 37.9 Å². The van der Waals surface area contributed by atoms with Crippen LogP contribution >= 0.6 is 0 Å². The predicted octanol–water partition coefficient (Wildman–Crippen LogP) is 1.45. The third-order valence-corrected chi connectivity index (χ3v) is 8.40. The predicted molar refractivity (Wildman–Crippen MR) is 124 cm³/mol. The molecule has 0 unspecified atom stereocenters. The Bertz CT molecular complexity index is 1030. The topological polar surface area (TPSA) is 107 Å². The second-order valence-corrected chi connectivity index (χ2v) is 11.1. The largest absolute Gasteiger partial charge is 0.487 e. The lowest BCUT2D eigenvalue weighted by molar-refractivity contribution is -0.138. The van der Waals surface area contributed by atoms with Gasteiger partial charge in [-0.25, -0.2) is 8.42 Å². The van der Waals surface area contributed by atoms with Crippen LogP contribution in [0.15, 0.2) is 23.1 Å². The zero-order chi connectivity index (χ0) is 24.3. The molecule has 1 saturated carbocycles. The van der Waals surface area contributed by atoms with Crippen molar-refractivity contribution in [3.05, 3.63) is 23.8 Å². The van der Waals surface area contributed by atoms with E-state index in [1.165, 1.54) is 10.4 Å². The van der Waals surface area contributed by atoms with Crippen molar-refractivity contribution < 1.29 is 28.2 Å². The Morgan fingerprint density at radius 1 is 1.33 bits per heavy atom. The molecule has 1 aliphatic heterocycles. The number of amides is 1. The third-order valence-electron chi connectivity index (χ3n) is 6.38. The van der Waals surface area contributed by atoms with Crippen LogP contribution in [0.4, 0.5) is 0 Å². The smallest absolute Gasteiger partial charge is 0.247 e. The summed E-state index contributed by atoms with van der Waals surface area (Å²) in [6, 6.07) is 3.96. The highest BCUT2D eigenvalue weighted by molar-refractivity contribution is 7.89. The van der Waals surface area contributed by atoms with Crippen molar-refractivity contribution in [2.24, 2.45) is 11.8 Å². The van der Waals surface area contributed by atoms with E-state index in [0.29, 0.717) is 12.1 Å². The zero-order valence-corrected chi connectivity index (χ0v) is 20.5. The second-order valence-electron chi connectivity index (χ2n) is 9.19. The molecule has 1 fully saturated rings. The summed E-state index contributed by atoms with van der Waals surface area (Å²) >= 11 is 0. The van der Waals surface area contributed by atoms with Crippen LogP contribution in [0, 0.1) is 23.7 Å². The van der Waals surface area contributed by atoms with E-state index in [9.17, 15) is 23.4 Å². The summed E-state index contributed by atoms with van der Waals surface area (Å²) in [4.78, 5) is 14.4. The van der Waals surface area contributed by atoms with Gasteiger partial charge in [0.1, 0.15) is 22.9 Å². The fourth-order valence-corrected chi connectivity index (χ4v) is 5.86. The van der Waals surface area contributed by atoms with Crippen molar-refractivity contribution >= 4 is 15.9 Å². The average Bonchev–Trinajstić information content (AvgIpc) is 2.72. The molecule has 3 rings (SSSR count). The van der Waals surface area contributed by atoms with Crippen molar-refractivity contribution in [3.63, 3.8) is 0 Å². The fraction of sp³-hybridized carbons (Fsp3) is 0.625. The third kappa shape index (κ3) is 5.69. The van der Waals surface area contributed by atoms with Crippen molar-refractivity contribution in [3.8, 4) is 17.6 Å². The molecule has 1 amide bonds. The number of nitrogens with zero attached hydrogens (tertiary/aromatic N) is 2. The van der Waals surface area contributed by atoms with Crippen LogP contribution in [0.25, 0.3) is 0 Å². The van der Waals surface area contributed by atoms with Crippen LogP contribution in [0.3, 0.4) is 0 Å². The van der Waals surface area contributed by atoms with Crippen molar-refractivity contribution in [1.29, 1.82) is 0 Å². The quantitative estimate of drug-likeness (QED) is 0.621. The van der Waals surface area contributed by atoms with Gasteiger partial charge in [0.25, 0.3) is 0 Å².